The number of rotatable bonds is 38. The number of ether oxygens (including phenoxy) is 2. The molecule has 10 heteroatoms. The van der Waals surface area contributed by atoms with E-state index in [0.29, 0.717) is 12.8 Å². The Morgan fingerprint density at radius 2 is 0.930 bits per heavy atom. The zero-order valence-electron chi connectivity index (χ0n) is 35.3. The molecule has 0 bridgehead atoms. The number of allylic oxidation sites excluding steroid dienone is 18. The highest BCUT2D eigenvalue weighted by Crippen LogP contribution is 2.43. The van der Waals surface area contributed by atoms with Crippen LogP contribution in [0.3, 0.4) is 0 Å². The predicted octanol–water partition coefficient (Wildman–Crippen LogP) is 12.4. The van der Waals surface area contributed by atoms with Gasteiger partial charge in [0.25, 0.3) is 0 Å². The van der Waals surface area contributed by atoms with Crippen molar-refractivity contribution in [1.29, 1.82) is 0 Å². The van der Waals surface area contributed by atoms with Crippen LogP contribution in [0.5, 0.6) is 0 Å². The van der Waals surface area contributed by atoms with Crippen LogP contribution < -0.4 is 5.73 Å². The van der Waals surface area contributed by atoms with Gasteiger partial charge in [0.15, 0.2) is 6.10 Å². The number of carbonyl (C=O) groups excluding carboxylic acids is 2. The van der Waals surface area contributed by atoms with Crippen LogP contribution in [-0.2, 0) is 32.7 Å². The first-order chi connectivity index (χ1) is 27.8. The molecule has 0 aromatic carbocycles. The van der Waals surface area contributed by atoms with Crippen LogP contribution in [0.2, 0.25) is 0 Å². The fraction of sp³-hybridized carbons (Fsp3) is 0.574. The maximum absolute atomic E-state index is 12.5. The molecule has 0 aliphatic carbocycles. The standard InChI is InChI=1S/C47H76NO8P/c1-3-5-7-9-11-13-15-17-19-21-22-24-26-28-30-32-34-36-38-40-47(50)56-45(44-55-57(51,52)54-42-41-48)43-53-46(49)39-37-35-33-31-29-27-25-23-20-18-16-14-12-10-8-6-4-2/h11-14,17-20,22,24-25,27-28,30-31,33-34,36,45H,3-10,15-16,21,23,26,29,32,35,37-44,48H2,1-2H3,(H,51,52). The van der Waals surface area contributed by atoms with Gasteiger partial charge in [0.2, 0.25) is 0 Å². The molecule has 0 aliphatic rings. The van der Waals surface area contributed by atoms with E-state index in [4.69, 9.17) is 24.3 Å². The molecule has 2 atom stereocenters. The van der Waals surface area contributed by atoms with E-state index in [1.165, 1.54) is 51.4 Å². The maximum atomic E-state index is 12.5. The van der Waals surface area contributed by atoms with Crippen molar-refractivity contribution in [3.8, 4) is 0 Å². The molecule has 0 saturated carbocycles. The minimum Gasteiger partial charge on any atom is -0.462 e. The van der Waals surface area contributed by atoms with Gasteiger partial charge in [-0.1, -0.05) is 149 Å². The third-order valence-corrected chi connectivity index (χ3v) is 9.13. The summed E-state index contributed by atoms with van der Waals surface area (Å²) in [6.07, 6.45) is 55.7. The normalized spacial score (nSPS) is 14.4. The zero-order chi connectivity index (χ0) is 41.8. The Hall–Kier alpha value is -3.33. The monoisotopic (exact) mass is 814 g/mol. The third-order valence-electron chi connectivity index (χ3n) is 8.14. The average molecular weight is 814 g/mol. The summed E-state index contributed by atoms with van der Waals surface area (Å²) in [5.74, 6) is -1.00. The van der Waals surface area contributed by atoms with Crippen molar-refractivity contribution < 1.29 is 37.6 Å². The molecule has 57 heavy (non-hydrogen) atoms. The molecule has 0 aromatic rings. The van der Waals surface area contributed by atoms with Crippen molar-refractivity contribution in [1.82, 2.24) is 0 Å². The third kappa shape index (κ3) is 42.1. The molecule has 0 fully saturated rings. The van der Waals surface area contributed by atoms with Crippen LogP contribution in [0.25, 0.3) is 0 Å². The van der Waals surface area contributed by atoms with Gasteiger partial charge in [0.05, 0.1) is 13.2 Å². The van der Waals surface area contributed by atoms with Crippen molar-refractivity contribution in [2.75, 3.05) is 26.4 Å². The van der Waals surface area contributed by atoms with Crippen molar-refractivity contribution in [3.05, 3.63) is 109 Å². The van der Waals surface area contributed by atoms with E-state index in [-0.39, 0.29) is 32.6 Å². The molecular formula is C47H76NO8P. The SMILES string of the molecule is CCCCCC=CCC=CCC=CCC=CCC=CCCC(=O)OC(COC(=O)CCCC=CCC=CCC=CCC=CCCCCC)COP(=O)(O)OCCN. The number of phosphoric ester groups is 1. The molecule has 0 aliphatic heterocycles. The summed E-state index contributed by atoms with van der Waals surface area (Å²) < 4.78 is 32.6. The molecule has 0 radical (unpaired) electrons. The molecule has 2 unspecified atom stereocenters. The molecule has 322 valence electrons. The molecule has 0 saturated heterocycles. The topological polar surface area (TPSA) is 134 Å². The highest BCUT2D eigenvalue weighted by molar-refractivity contribution is 7.47. The van der Waals surface area contributed by atoms with Gasteiger partial charge < -0.3 is 20.1 Å². The quantitative estimate of drug-likeness (QED) is 0.0270. The Kier molecular flexibility index (Phi) is 39.8. The smallest absolute Gasteiger partial charge is 0.462 e. The van der Waals surface area contributed by atoms with E-state index in [1.807, 2.05) is 18.2 Å². The minimum absolute atomic E-state index is 0.0287. The molecular weight excluding hydrogens is 737 g/mol. The predicted molar refractivity (Wildman–Crippen MR) is 238 cm³/mol. The molecule has 0 heterocycles. The number of phosphoric acid groups is 1. The van der Waals surface area contributed by atoms with Gasteiger partial charge in [0.1, 0.15) is 6.61 Å². The van der Waals surface area contributed by atoms with Crippen molar-refractivity contribution >= 4 is 19.8 Å². The second-order valence-electron chi connectivity index (χ2n) is 13.5. The molecule has 0 aromatic heterocycles. The lowest BCUT2D eigenvalue weighted by Crippen LogP contribution is -2.29. The fourth-order valence-electron chi connectivity index (χ4n) is 4.96. The van der Waals surface area contributed by atoms with Crippen LogP contribution in [0.1, 0.15) is 142 Å². The summed E-state index contributed by atoms with van der Waals surface area (Å²) in [5.41, 5.74) is 5.34. The number of esters is 2. The van der Waals surface area contributed by atoms with E-state index in [0.717, 1.165) is 51.4 Å². The largest absolute Gasteiger partial charge is 0.472 e. The molecule has 3 N–H and O–H groups in total. The van der Waals surface area contributed by atoms with Crippen LogP contribution in [0, 0.1) is 0 Å². The molecule has 0 rings (SSSR count). The number of unbranched alkanes of at least 4 members (excludes halogenated alkanes) is 7. The zero-order valence-corrected chi connectivity index (χ0v) is 36.2. The highest BCUT2D eigenvalue weighted by Gasteiger charge is 2.25. The lowest BCUT2D eigenvalue weighted by Gasteiger charge is -2.19. The summed E-state index contributed by atoms with van der Waals surface area (Å²) in [5, 5.41) is 0. The van der Waals surface area contributed by atoms with Crippen LogP contribution >= 0.6 is 7.82 Å². The summed E-state index contributed by atoms with van der Waals surface area (Å²) in [7, 11) is -4.42. The summed E-state index contributed by atoms with van der Waals surface area (Å²) >= 11 is 0. The number of hydrogen-bond donors (Lipinski definition) is 2. The van der Waals surface area contributed by atoms with Gasteiger partial charge in [-0.25, -0.2) is 4.57 Å². The van der Waals surface area contributed by atoms with Crippen LogP contribution in [-0.4, -0.2) is 49.3 Å². The van der Waals surface area contributed by atoms with Gasteiger partial charge in [-0.2, -0.15) is 0 Å². The number of hydrogen-bond acceptors (Lipinski definition) is 8. The summed E-state index contributed by atoms with van der Waals surface area (Å²) in [6, 6.07) is 0. The van der Waals surface area contributed by atoms with Gasteiger partial charge in [-0.15, -0.1) is 0 Å². The second-order valence-corrected chi connectivity index (χ2v) is 14.9. The van der Waals surface area contributed by atoms with Crippen molar-refractivity contribution in [2.45, 2.75) is 148 Å². The lowest BCUT2D eigenvalue weighted by atomic mass is 10.2. The van der Waals surface area contributed by atoms with Gasteiger partial charge >= 0.3 is 19.8 Å². The Morgan fingerprint density at radius 1 is 0.526 bits per heavy atom. The van der Waals surface area contributed by atoms with Gasteiger partial charge in [-0.05, 0) is 89.9 Å². The van der Waals surface area contributed by atoms with E-state index < -0.39 is 32.5 Å². The first-order valence-electron chi connectivity index (χ1n) is 21.4. The Labute approximate surface area is 346 Å². The summed E-state index contributed by atoms with van der Waals surface area (Å²) in [6.45, 7) is 3.49. The van der Waals surface area contributed by atoms with E-state index in [9.17, 15) is 19.0 Å². The minimum atomic E-state index is -4.42. The first kappa shape index (κ1) is 53.7. The van der Waals surface area contributed by atoms with E-state index >= 15 is 0 Å². The van der Waals surface area contributed by atoms with Crippen LogP contribution in [0.4, 0.5) is 0 Å². The number of carbonyl (C=O) groups is 2. The Balaban J connectivity index is 4.42. The van der Waals surface area contributed by atoms with Crippen LogP contribution in [0.15, 0.2) is 109 Å². The lowest BCUT2D eigenvalue weighted by molar-refractivity contribution is -0.161. The van der Waals surface area contributed by atoms with E-state index in [2.05, 4.69) is 105 Å². The van der Waals surface area contributed by atoms with Gasteiger partial charge in [0, 0.05) is 19.4 Å². The molecule has 0 amide bonds. The number of nitrogens with two attached hydrogens (primary N) is 1. The Morgan fingerprint density at radius 3 is 1.35 bits per heavy atom. The van der Waals surface area contributed by atoms with Gasteiger partial charge in [-0.3, -0.25) is 18.6 Å². The highest BCUT2D eigenvalue weighted by atomic mass is 31.2. The fourth-order valence-corrected chi connectivity index (χ4v) is 5.73. The molecule has 9 nitrogen and oxygen atoms in total. The van der Waals surface area contributed by atoms with Crippen molar-refractivity contribution in [3.63, 3.8) is 0 Å². The van der Waals surface area contributed by atoms with Crippen molar-refractivity contribution in [2.24, 2.45) is 5.73 Å². The summed E-state index contributed by atoms with van der Waals surface area (Å²) in [4.78, 5) is 34.8. The first-order valence-corrected chi connectivity index (χ1v) is 22.9. The maximum Gasteiger partial charge on any atom is 0.472 e. The van der Waals surface area contributed by atoms with E-state index in [1.54, 1.807) is 0 Å². The second kappa shape index (κ2) is 42.3. The average Bonchev–Trinajstić information content (AvgIpc) is 3.20. The molecule has 0 spiro atoms. The Bertz CT molecular complexity index is 1290.